The van der Waals surface area contributed by atoms with Crippen molar-refractivity contribution in [1.29, 1.82) is 0 Å². The van der Waals surface area contributed by atoms with Crippen molar-refractivity contribution in [2.45, 2.75) is 89.9 Å². The van der Waals surface area contributed by atoms with E-state index in [0.29, 0.717) is 19.4 Å². The summed E-state index contributed by atoms with van der Waals surface area (Å²) in [6, 6.07) is -1.92. The number of hydrogen-bond acceptors (Lipinski definition) is 5. The van der Waals surface area contributed by atoms with Crippen molar-refractivity contribution in [2.24, 2.45) is 5.92 Å². The molecule has 1 saturated heterocycles. The molecule has 7 heteroatoms. The SMILES string of the molecule is CCCC(N[C@@H](C)C(=O)N1[C@@H](C(=O)O)C[C@@H]2CCCC[C@@H]21)C(=O)OCC. The molecule has 2 fully saturated rings. The lowest BCUT2D eigenvalue weighted by Crippen LogP contribution is -2.55. The van der Waals surface area contributed by atoms with E-state index in [9.17, 15) is 19.5 Å². The van der Waals surface area contributed by atoms with E-state index >= 15 is 0 Å². The summed E-state index contributed by atoms with van der Waals surface area (Å²) in [5.41, 5.74) is 0. The average Bonchev–Trinajstić information content (AvgIpc) is 3.00. The van der Waals surface area contributed by atoms with Crippen molar-refractivity contribution in [3.8, 4) is 0 Å². The Morgan fingerprint density at radius 3 is 2.54 bits per heavy atom. The molecule has 148 valence electrons. The number of nitrogens with one attached hydrogen (secondary N) is 1. The highest BCUT2D eigenvalue weighted by Gasteiger charge is 2.48. The molecule has 1 aliphatic heterocycles. The Labute approximate surface area is 155 Å². The molecule has 5 atom stereocenters. The molecular formula is C19H32N2O5. The topological polar surface area (TPSA) is 95.9 Å². The minimum absolute atomic E-state index is 0.00817. The molecule has 0 aromatic carbocycles. The molecular weight excluding hydrogens is 336 g/mol. The lowest BCUT2D eigenvalue weighted by atomic mass is 9.84. The Morgan fingerprint density at radius 2 is 1.92 bits per heavy atom. The Kier molecular flexibility index (Phi) is 7.43. The Hall–Kier alpha value is -1.63. The van der Waals surface area contributed by atoms with E-state index in [4.69, 9.17) is 4.74 Å². The second-order valence-corrected chi connectivity index (χ2v) is 7.43. The number of carbonyl (C=O) groups excluding carboxylic acids is 2. The third-order valence-corrected chi connectivity index (χ3v) is 5.60. The van der Waals surface area contributed by atoms with Gasteiger partial charge >= 0.3 is 11.9 Å². The Balaban J connectivity index is 2.10. The van der Waals surface area contributed by atoms with E-state index in [1.165, 1.54) is 0 Å². The third kappa shape index (κ3) is 4.55. The summed E-state index contributed by atoms with van der Waals surface area (Å²) >= 11 is 0. The van der Waals surface area contributed by atoms with Gasteiger partial charge in [0, 0.05) is 6.04 Å². The van der Waals surface area contributed by atoms with Crippen LogP contribution in [-0.2, 0) is 19.1 Å². The Bertz CT molecular complexity index is 524. The minimum Gasteiger partial charge on any atom is -0.480 e. The normalized spacial score (nSPS) is 27.5. The molecule has 0 spiro atoms. The third-order valence-electron chi connectivity index (χ3n) is 5.60. The predicted molar refractivity (Wildman–Crippen MR) is 96.6 cm³/mol. The molecule has 2 N–H and O–H groups in total. The van der Waals surface area contributed by atoms with Gasteiger partial charge in [-0.3, -0.25) is 14.9 Å². The summed E-state index contributed by atoms with van der Waals surface area (Å²) in [6.45, 7) is 5.72. The number of carbonyl (C=O) groups is 3. The monoisotopic (exact) mass is 368 g/mol. The molecule has 1 unspecified atom stereocenters. The molecule has 7 nitrogen and oxygen atoms in total. The lowest BCUT2D eigenvalue weighted by molar-refractivity contribution is -0.152. The summed E-state index contributed by atoms with van der Waals surface area (Å²) in [5, 5.41) is 12.7. The van der Waals surface area contributed by atoms with Crippen LogP contribution in [0.25, 0.3) is 0 Å². The summed E-state index contributed by atoms with van der Waals surface area (Å²) in [5.74, 6) is -1.24. The largest absolute Gasteiger partial charge is 0.480 e. The number of nitrogens with zero attached hydrogens (tertiary/aromatic N) is 1. The van der Waals surface area contributed by atoms with E-state index in [1.54, 1.807) is 18.7 Å². The van der Waals surface area contributed by atoms with Gasteiger partial charge in [-0.15, -0.1) is 0 Å². The van der Waals surface area contributed by atoms with Crippen molar-refractivity contribution in [1.82, 2.24) is 10.2 Å². The van der Waals surface area contributed by atoms with Crippen molar-refractivity contribution in [3.05, 3.63) is 0 Å². The highest BCUT2D eigenvalue weighted by molar-refractivity contribution is 5.88. The van der Waals surface area contributed by atoms with Crippen LogP contribution in [-0.4, -0.2) is 58.6 Å². The summed E-state index contributed by atoms with van der Waals surface area (Å²) in [7, 11) is 0. The highest BCUT2D eigenvalue weighted by atomic mass is 16.5. The van der Waals surface area contributed by atoms with Gasteiger partial charge < -0.3 is 14.7 Å². The lowest BCUT2D eigenvalue weighted by Gasteiger charge is -2.35. The molecule has 0 bridgehead atoms. The summed E-state index contributed by atoms with van der Waals surface area (Å²) in [6.07, 6.45) is 5.87. The van der Waals surface area contributed by atoms with Crippen LogP contribution in [0.1, 0.15) is 65.7 Å². The van der Waals surface area contributed by atoms with Crippen LogP contribution in [0.5, 0.6) is 0 Å². The van der Waals surface area contributed by atoms with Crippen LogP contribution in [0.15, 0.2) is 0 Å². The van der Waals surface area contributed by atoms with Crippen molar-refractivity contribution in [3.63, 3.8) is 0 Å². The second-order valence-electron chi connectivity index (χ2n) is 7.43. The maximum Gasteiger partial charge on any atom is 0.326 e. The fraction of sp³-hybridized carbons (Fsp3) is 0.842. The van der Waals surface area contributed by atoms with E-state index in [2.05, 4.69) is 5.32 Å². The maximum absolute atomic E-state index is 13.1. The molecule has 1 heterocycles. The van der Waals surface area contributed by atoms with E-state index in [0.717, 1.165) is 32.1 Å². The van der Waals surface area contributed by atoms with Gasteiger partial charge in [0.2, 0.25) is 5.91 Å². The molecule has 0 aromatic heterocycles. The predicted octanol–water partition coefficient (Wildman–Crippen LogP) is 1.94. The van der Waals surface area contributed by atoms with Gasteiger partial charge in [-0.05, 0) is 45.4 Å². The van der Waals surface area contributed by atoms with Gasteiger partial charge in [0.05, 0.1) is 12.6 Å². The number of aliphatic carboxylic acids is 1. The first-order valence-corrected chi connectivity index (χ1v) is 9.88. The second kappa shape index (κ2) is 9.35. The van der Waals surface area contributed by atoms with Gasteiger partial charge in [-0.2, -0.15) is 0 Å². The van der Waals surface area contributed by atoms with E-state index < -0.39 is 24.1 Å². The number of rotatable bonds is 8. The zero-order valence-electron chi connectivity index (χ0n) is 16.1. The van der Waals surface area contributed by atoms with E-state index in [-0.39, 0.29) is 23.8 Å². The van der Waals surface area contributed by atoms with Gasteiger partial charge in [0.25, 0.3) is 0 Å². The number of ether oxygens (including phenoxy) is 1. The molecule has 0 radical (unpaired) electrons. The standard InChI is InChI=1S/C19H32N2O5/c1-4-8-14(19(25)26-5-2)20-12(3)17(22)21-15-10-7-6-9-13(15)11-16(21)18(23)24/h12-16,20H,4-11H2,1-3H3,(H,23,24)/t12-,13-,14?,15-,16+/m0/s1. The Morgan fingerprint density at radius 1 is 1.23 bits per heavy atom. The zero-order chi connectivity index (χ0) is 19.3. The fourth-order valence-electron chi connectivity index (χ4n) is 4.39. The van der Waals surface area contributed by atoms with Crippen LogP contribution < -0.4 is 5.32 Å². The van der Waals surface area contributed by atoms with Gasteiger partial charge in [0.1, 0.15) is 12.1 Å². The van der Waals surface area contributed by atoms with Gasteiger partial charge in [-0.1, -0.05) is 26.2 Å². The molecule has 26 heavy (non-hydrogen) atoms. The average molecular weight is 368 g/mol. The zero-order valence-corrected chi connectivity index (χ0v) is 16.1. The van der Waals surface area contributed by atoms with Crippen molar-refractivity contribution < 1.29 is 24.2 Å². The van der Waals surface area contributed by atoms with Crippen LogP contribution in [0.3, 0.4) is 0 Å². The molecule has 1 aliphatic carbocycles. The first-order chi connectivity index (χ1) is 12.4. The smallest absolute Gasteiger partial charge is 0.326 e. The van der Waals surface area contributed by atoms with Gasteiger partial charge in [-0.25, -0.2) is 4.79 Å². The quantitative estimate of drug-likeness (QED) is 0.636. The number of carboxylic acid groups (broad SMARTS) is 1. The fourth-order valence-corrected chi connectivity index (χ4v) is 4.39. The van der Waals surface area contributed by atoms with Crippen LogP contribution in [0.2, 0.25) is 0 Å². The molecule has 0 aromatic rings. The summed E-state index contributed by atoms with van der Waals surface area (Å²) < 4.78 is 5.09. The van der Waals surface area contributed by atoms with Gasteiger partial charge in [0.15, 0.2) is 0 Å². The van der Waals surface area contributed by atoms with Crippen molar-refractivity contribution in [2.75, 3.05) is 6.61 Å². The molecule has 1 amide bonds. The number of carboxylic acids is 1. The first-order valence-electron chi connectivity index (χ1n) is 9.88. The summed E-state index contributed by atoms with van der Waals surface area (Å²) in [4.78, 5) is 38.5. The molecule has 1 saturated carbocycles. The highest BCUT2D eigenvalue weighted by Crippen LogP contribution is 2.40. The minimum atomic E-state index is -0.935. The van der Waals surface area contributed by atoms with Crippen molar-refractivity contribution >= 4 is 17.8 Å². The number of fused-ring (bicyclic) bond motifs is 1. The first kappa shape index (κ1) is 20.7. The maximum atomic E-state index is 13.1. The molecule has 2 rings (SSSR count). The van der Waals surface area contributed by atoms with Crippen LogP contribution in [0, 0.1) is 5.92 Å². The van der Waals surface area contributed by atoms with Crippen LogP contribution in [0.4, 0.5) is 0 Å². The number of esters is 1. The number of likely N-dealkylation sites (tertiary alicyclic amines) is 1. The number of hydrogen-bond donors (Lipinski definition) is 2. The van der Waals surface area contributed by atoms with E-state index in [1.807, 2.05) is 6.92 Å². The van der Waals surface area contributed by atoms with Crippen LogP contribution >= 0.6 is 0 Å². The number of amides is 1. The molecule has 2 aliphatic rings.